The number of aliphatic carboxylic acids is 1. The minimum atomic E-state index is -1.03. The quantitative estimate of drug-likeness (QED) is 0.789. The molecule has 0 aliphatic carbocycles. The van der Waals surface area contributed by atoms with E-state index in [4.69, 9.17) is 10.8 Å². The fourth-order valence-corrected chi connectivity index (χ4v) is 2.09. The van der Waals surface area contributed by atoms with E-state index in [0.717, 1.165) is 11.1 Å². The average molecular weight is 298 g/mol. The Labute approximate surface area is 128 Å². The fourth-order valence-electron chi connectivity index (χ4n) is 2.09. The van der Waals surface area contributed by atoms with Crippen molar-refractivity contribution in [1.82, 2.24) is 0 Å². The molecule has 1 atom stereocenters. The van der Waals surface area contributed by atoms with Gasteiger partial charge < -0.3 is 16.2 Å². The van der Waals surface area contributed by atoms with Crippen LogP contribution < -0.4 is 11.1 Å². The molecule has 0 saturated carbocycles. The summed E-state index contributed by atoms with van der Waals surface area (Å²) in [7, 11) is 0. The van der Waals surface area contributed by atoms with Gasteiger partial charge in [-0.15, -0.1) is 0 Å². The highest BCUT2D eigenvalue weighted by Gasteiger charge is 2.12. The van der Waals surface area contributed by atoms with Crippen LogP contribution >= 0.6 is 0 Å². The van der Waals surface area contributed by atoms with Gasteiger partial charge in [-0.05, 0) is 42.7 Å². The zero-order valence-corrected chi connectivity index (χ0v) is 12.2. The summed E-state index contributed by atoms with van der Waals surface area (Å²) in [5.41, 5.74) is 8.48. The van der Waals surface area contributed by atoms with Crippen LogP contribution in [0.25, 0.3) is 0 Å². The van der Waals surface area contributed by atoms with Gasteiger partial charge in [0.15, 0.2) is 0 Å². The Balaban J connectivity index is 2.04. The normalized spacial score (nSPS) is 11.7. The molecule has 2 aromatic rings. The molecule has 0 heterocycles. The Kier molecular flexibility index (Phi) is 4.91. The summed E-state index contributed by atoms with van der Waals surface area (Å²) >= 11 is 0. The maximum Gasteiger partial charge on any atom is 0.320 e. The number of amides is 1. The Morgan fingerprint density at radius 1 is 1.14 bits per heavy atom. The molecular formula is C17H18N2O3. The van der Waals surface area contributed by atoms with Crippen molar-refractivity contribution in [1.29, 1.82) is 0 Å². The molecule has 0 radical (unpaired) electrons. The summed E-state index contributed by atoms with van der Waals surface area (Å²) in [5, 5.41) is 11.6. The molecule has 0 spiro atoms. The van der Waals surface area contributed by atoms with Crippen molar-refractivity contribution in [2.45, 2.75) is 19.4 Å². The van der Waals surface area contributed by atoms with Crippen molar-refractivity contribution in [2.24, 2.45) is 5.73 Å². The van der Waals surface area contributed by atoms with Crippen LogP contribution in [-0.4, -0.2) is 23.0 Å². The van der Waals surface area contributed by atoms with Crippen molar-refractivity contribution in [3.63, 3.8) is 0 Å². The molecule has 2 aromatic carbocycles. The first-order valence-electron chi connectivity index (χ1n) is 6.91. The van der Waals surface area contributed by atoms with Crippen LogP contribution in [0.2, 0.25) is 0 Å². The molecule has 0 fully saturated rings. The number of carboxylic acid groups (broad SMARTS) is 1. The zero-order valence-electron chi connectivity index (χ0n) is 12.2. The molecule has 0 bridgehead atoms. The van der Waals surface area contributed by atoms with Crippen LogP contribution in [0.5, 0.6) is 0 Å². The molecule has 1 unspecified atom stereocenters. The maximum absolute atomic E-state index is 12.2. The number of hydrogen-bond acceptors (Lipinski definition) is 3. The second kappa shape index (κ2) is 6.87. The molecule has 22 heavy (non-hydrogen) atoms. The average Bonchev–Trinajstić information content (AvgIpc) is 2.49. The van der Waals surface area contributed by atoms with Crippen molar-refractivity contribution < 1.29 is 14.7 Å². The predicted octanol–water partition coefficient (Wildman–Crippen LogP) is 2.20. The summed E-state index contributed by atoms with van der Waals surface area (Å²) < 4.78 is 0. The lowest BCUT2D eigenvalue weighted by Gasteiger charge is -2.09. The van der Waals surface area contributed by atoms with E-state index in [1.165, 1.54) is 0 Å². The largest absolute Gasteiger partial charge is 0.480 e. The third-order valence-corrected chi connectivity index (χ3v) is 3.37. The summed E-state index contributed by atoms with van der Waals surface area (Å²) in [6.45, 7) is 1.88. The molecule has 0 aliphatic heterocycles. The van der Waals surface area contributed by atoms with E-state index in [1.807, 2.05) is 25.1 Å². The maximum atomic E-state index is 12.2. The molecule has 0 saturated heterocycles. The Bertz CT molecular complexity index is 681. The molecule has 2 rings (SSSR count). The first kappa shape index (κ1) is 15.7. The number of nitrogens with two attached hydrogens (primary N) is 1. The standard InChI is InChI=1S/C17H18N2O3/c1-11-4-2-3-5-14(11)16(20)19-13-8-6-12(7-9-13)10-15(18)17(21)22/h2-9,15H,10,18H2,1H3,(H,19,20)(H,21,22). The highest BCUT2D eigenvalue weighted by molar-refractivity contribution is 6.05. The van der Waals surface area contributed by atoms with Crippen LogP contribution in [-0.2, 0) is 11.2 Å². The number of nitrogens with one attached hydrogen (secondary N) is 1. The number of carbonyl (C=O) groups excluding carboxylic acids is 1. The van der Waals surface area contributed by atoms with E-state index in [9.17, 15) is 9.59 Å². The number of hydrogen-bond donors (Lipinski definition) is 3. The van der Waals surface area contributed by atoms with Gasteiger partial charge in [0, 0.05) is 11.3 Å². The van der Waals surface area contributed by atoms with Crippen LogP contribution in [0.15, 0.2) is 48.5 Å². The van der Waals surface area contributed by atoms with Crippen LogP contribution in [0, 0.1) is 6.92 Å². The number of carboxylic acids is 1. The van der Waals surface area contributed by atoms with Gasteiger partial charge >= 0.3 is 5.97 Å². The smallest absolute Gasteiger partial charge is 0.320 e. The van der Waals surface area contributed by atoms with E-state index < -0.39 is 12.0 Å². The van der Waals surface area contributed by atoms with Gasteiger partial charge in [-0.1, -0.05) is 30.3 Å². The molecule has 4 N–H and O–H groups in total. The Hall–Kier alpha value is -2.66. The molecule has 0 aromatic heterocycles. The molecule has 0 aliphatic rings. The number of aryl methyl sites for hydroxylation is 1. The van der Waals surface area contributed by atoms with Gasteiger partial charge in [-0.25, -0.2) is 0 Å². The van der Waals surface area contributed by atoms with Gasteiger partial charge in [0.25, 0.3) is 5.91 Å². The molecular weight excluding hydrogens is 280 g/mol. The number of benzene rings is 2. The lowest BCUT2D eigenvalue weighted by atomic mass is 10.1. The van der Waals surface area contributed by atoms with Crippen molar-refractivity contribution in [3.05, 3.63) is 65.2 Å². The summed E-state index contributed by atoms with van der Waals surface area (Å²) in [5.74, 6) is -1.20. The fraction of sp³-hybridized carbons (Fsp3) is 0.176. The topological polar surface area (TPSA) is 92.4 Å². The first-order chi connectivity index (χ1) is 10.5. The third-order valence-electron chi connectivity index (χ3n) is 3.37. The zero-order chi connectivity index (χ0) is 16.1. The van der Waals surface area contributed by atoms with Crippen LogP contribution in [0.1, 0.15) is 21.5 Å². The molecule has 1 amide bonds. The van der Waals surface area contributed by atoms with Crippen molar-refractivity contribution in [3.8, 4) is 0 Å². The van der Waals surface area contributed by atoms with Gasteiger partial charge in [0.2, 0.25) is 0 Å². The number of carbonyl (C=O) groups is 2. The minimum Gasteiger partial charge on any atom is -0.480 e. The Morgan fingerprint density at radius 3 is 2.36 bits per heavy atom. The second-order valence-electron chi connectivity index (χ2n) is 5.11. The second-order valence-corrected chi connectivity index (χ2v) is 5.11. The van der Waals surface area contributed by atoms with E-state index in [2.05, 4.69) is 5.32 Å². The lowest BCUT2D eigenvalue weighted by Crippen LogP contribution is -2.32. The molecule has 114 valence electrons. The monoisotopic (exact) mass is 298 g/mol. The van der Waals surface area contributed by atoms with E-state index in [1.54, 1.807) is 30.3 Å². The SMILES string of the molecule is Cc1ccccc1C(=O)Nc1ccc(CC(N)C(=O)O)cc1. The summed E-state index contributed by atoms with van der Waals surface area (Å²) in [4.78, 5) is 22.9. The van der Waals surface area contributed by atoms with E-state index >= 15 is 0 Å². The van der Waals surface area contributed by atoms with Gasteiger partial charge in [0.1, 0.15) is 6.04 Å². The van der Waals surface area contributed by atoms with Gasteiger partial charge in [0.05, 0.1) is 0 Å². The predicted molar refractivity (Wildman–Crippen MR) is 84.9 cm³/mol. The van der Waals surface area contributed by atoms with Crippen molar-refractivity contribution >= 4 is 17.6 Å². The highest BCUT2D eigenvalue weighted by atomic mass is 16.4. The van der Waals surface area contributed by atoms with Gasteiger partial charge in [-0.3, -0.25) is 9.59 Å². The van der Waals surface area contributed by atoms with E-state index in [-0.39, 0.29) is 12.3 Å². The first-order valence-corrected chi connectivity index (χ1v) is 6.91. The minimum absolute atomic E-state index is 0.173. The highest BCUT2D eigenvalue weighted by Crippen LogP contribution is 2.14. The number of rotatable bonds is 5. The summed E-state index contributed by atoms with van der Waals surface area (Å²) in [6.07, 6.45) is 0.251. The molecule has 5 nitrogen and oxygen atoms in total. The van der Waals surface area contributed by atoms with Crippen LogP contribution in [0.3, 0.4) is 0 Å². The third kappa shape index (κ3) is 3.93. The van der Waals surface area contributed by atoms with Crippen molar-refractivity contribution in [2.75, 3.05) is 5.32 Å². The van der Waals surface area contributed by atoms with Crippen LogP contribution in [0.4, 0.5) is 5.69 Å². The van der Waals surface area contributed by atoms with Gasteiger partial charge in [-0.2, -0.15) is 0 Å². The lowest BCUT2D eigenvalue weighted by molar-refractivity contribution is -0.138. The summed E-state index contributed by atoms with van der Waals surface area (Å²) in [6, 6.07) is 13.4. The molecule has 5 heteroatoms. The number of anilines is 1. The Morgan fingerprint density at radius 2 is 1.77 bits per heavy atom. The van der Waals surface area contributed by atoms with E-state index in [0.29, 0.717) is 11.3 Å².